The summed E-state index contributed by atoms with van der Waals surface area (Å²) in [5.41, 5.74) is 8.44. The predicted molar refractivity (Wildman–Crippen MR) is 93.0 cm³/mol. The van der Waals surface area contributed by atoms with Crippen LogP contribution in [0.15, 0.2) is 12.1 Å². The largest absolute Gasteiger partial charge is 0.496 e. The van der Waals surface area contributed by atoms with E-state index < -0.39 is 5.97 Å². The van der Waals surface area contributed by atoms with Gasteiger partial charge in [0.05, 0.1) is 24.9 Å². The SMILES string of the molecule is COc1cc(N[C@H]2C[C@@H](C)CC(C)(C)C2)c(N)cc1CC(=O)O. The van der Waals surface area contributed by atoms with Gasteiger partial charge in [-0.15, -0.1) is 0 Å². The lowest BCUT2D eigenvalue weighted by Crippen LogP contribution is -2.35. The van der Waals surface area contributed by atoms with Crippen LogP contribution in [-0.2, 0) is 11.2 Å². The van der Waals surface area contributed by atoms with E-state index in [4.69, 9.17) is 15.6 Å². The zero-order valence-electron chi connectivity index (χ0n) is 14.5. The van der Waals surface area contributed by atoms with Crippen LogP contribution in [0, 0.1) is 11.3 Å². The van der Waals surface area contributed by atoms with Crippen molar-refractivity contribution in [3.63, 3.8) is 0 Å². The van der Waals surface area contributed by atoms with Crippen LogP contribution in [0.25, 0.3) is 0 Å². The molecule has 1 fully saturated rings. The first kappa shape index (κ1) is 17.4. The van der Waals surface area contributed by atoms with Crippen molar-refractivity contribution < 1.29 is 14.6 Å². The van der Waals surface area contributed by atoms with Crippen LogP contribution < -0.4 is 15.8 Å². The third-order valence-corrected chi connectivity index (χ3v) is 4.54. The number of carbonyl (C=O) groups is 1. The molecule has 0 bridgehead atoms. The number of carboxylic acids is 1. The minimum Gasteiger partial charge on any atom is -0.496 e. The number of rotatable bonds is 5. The summed E-state index contributed by atoms with van der Waals surface area (Å²) in [6.45, 7) is 6.89. The Morgan fingerprint density at radius 1 is 1.43 bits per heavy atom. The molecular formula is C18H28N2O3. The van der Waals surface area contributed by atoms with Crippen molar-refractivity contribution in [1.82, 2.24) is 0 Å². The fraction of sp³-hybridized carbons (Fsp3) is 0.611. The summed E-state index contributed by atoms with van der Waals surface area (Å²) < 4.78 is 5.33. The molecule has 0 spiro atoms. The number of carboxylic acid groups (broad SMARTS) is 1. The smallest absolute Gasteiger partial charge is 0.307 e. The van der Waals surface area contributed by atoms with Gasteiger partial charge in [-0.25, -0.2) is 0 Å². The molecule has 1 aliphatic rings. The lowest BCUT2D eigenvalue weighted by Gasteiger charge is -2.39. The lowest BCUT2D eigenvalue weighted by molar-refractivity contribution is -0.136. The van der Waals surface area contributed by atoms with Gasteiger partial charge < -0.3 is 20.9 Å². The summed E-state index contributed by atoms with van der Waals surface area (Å²) >= 11 is 0. The van der Waals surface area contributed by atoms with Crippen LogP contribution in [-0.4, -0.2) is 24.2 Å². The third kappa shape index (κ3) is 4.53. The van der Waals surface area contributed by atoms with Crippen molar-refractivity contribution in [3.8, 4) is 5.75 Å². The van der Waals surface area contributed by atoms with Crippen LogP contribution in [0.2, 0.25) is 0 Å². The molecule has 0 unspecified atom stereocenters. The maximum atomic E-state index is 10.9. The Labute approximate surface area is 138 Å². The number of hydrogen-bond donors (Lipinski definition) is 3. The van der Waals surface area contributed by atoms with E-state index in [0.29, 0.717) is 34.4 Å². The molecule has 5 heteroatoms. The van der Waals surface area contributed by atoms with Gasteiger partial charge in [0.25, 0.3) is 0 Å². The van der Waals surface area contributed by atoms with Gasteiger partial charge in [0.1, 0.15) is 5.75 Å². The van der Waals surface area contributed by atoms with Gasteiger partial charge >= 0.3 is 5.97 Å². The molecule has 0 amide bonds. The van der Waals surface area contributed by atoms with E-state index in [1.54, 1.807) is 13.2 Å². The second kappa shape index (κ2) is 6.69. The molecule has 2 atom stereocenters. The van der Waals surface area contributed by atoms with E-state index in [9.17, 15) is 4.79 Å². The van der Waals surface area contributed by atoms with E-state index in [-0.39, 0.29) is 6.42 Å². The topological polar surface area (TPSA) is 84.6 Å². The number of ether oxygens (including phenoxy) is 1. The molecule has 1 aliphatic carbocycles. The molecule has 1 aromatic carbocycles. The fourth-order valence-electron chi connectivity index (χ4n) is 3.94. The van der Waals surface area contributed by atoms with Crippen molar-refractivity contribution >= 4 is 17.3 Å². The minimum atomic E-state index is -0.897. The summed E-state index contributed by atoms with van der Waals surface area (Å²) in [4.78, 5) is 10.9. The molecule has 0 aromatic heterocycles. The molecule has 2 rings (SSSR count). The van der Waals surface area contributed by atoms with Gasteiger partial charge in [-0.2, -0.15) is 0 Å². The average Bonchev–Trinajstić information content (AvgIpc) is 2.38. The van der Waals surface area contributed by atoms with E-state index in [1.807, 2.05) is 6.07 Å². The molecule has 4 N–H and O–H groups in total. The van der Waals surface area contributed by atoms with E-state index in [0.717, 1.165) is 18.5 Å². The molecule has 5 nitrogen and oxygen atoms in total. The summed E-state index contributed by atoms with van der Waals surface area (Å²) in [6, 6.07) is 3.89. The standard InChI is InChI=1S/C18H28N2O3/c1-11-5-13(10-18(2,3)9-11)20-15-8-16(23-4)12(6-14(15)19)7-17(21)22/h6,8,11,13,20H,5,7,9-10,19H2,1-4H3,(H,21,22)/t11-,13+/m1/s1. The van der Waals surface area contributed by atoms with Gasteiger partial charge in [0.2, 0.25) is 0 Å². The number of aliphatic carboxylic acids is 1. The number of hydrogen-bond acceptors (Lipinski definition) is 4. The average molecular weight is 320 g/mol. The molecule has 0 saturated heterocycles. The maximum absolute atomic E-state index is 10.9. The Balaban J connectivity index is 2.21. The van der Waals surface area contributed by atoms with Crippen molar-refractivity contribution in [2.45, 2.75) is 52.5 Å². The third-order valence-electron chi connectivity index (χ3n) is 4.54. The highest BCUT2D eigenvalue weighted by atomic mass is 16.5. The number of nitrogens with one attached hydrogen (secondary N) is 1. The monoisotopic (exact) mass is 320 g/mol. The number of methoxy groups -OCH3 is 1. The maximum Gasteiger partial charge on any atom is 0.307 e. The van der Waals surface area contributed by atoms with Crippen molar-refractivity contribution in [3.05, 3.63) is 17.7 Å². The van der Waals surface area contributed by atoms with Gasteiger partial charge in [-0.05, 0) is 36.7 Å². The van der Waals surface area contributed by atoms with Gasteiger partial charge in [-0.1, -0.05) is 20.8 Å². The van der Waals surface area contributed by atoms with Crippen LogP contribution >= 0.6 is 0 Å². The molecule has 1 aromatic rings. The summed E-state index contributed by atoms with van der Waals surface area (Å²) in [6.07, 6.45) is 3.35. The number of nitrogen functional groups attached to an aromatic ring is 1. The normalized spacial score (nSPS) is 23.3. The molecular weight excluding hydrogens is 292 g/mol. The Kier molecular flexibility index (Phi) is 5.07. The Morgan fingerprint density at radius 2 is 2.13 bits per heavy atom. The Bertz CT molecular complexity index is 584. The molecule has 0 radical (unpaired) electrons. The highest BCUT2D eigenvalue weighted by Crippen LogP contribution is 2.40. The summed E-state index contributed by atoms with van der Waals surface area (Å²) in [5, 5.41) is 12.5. The van der Waals surface area contributed by atoms with Gasteiger partial charge in [0.15, 0.2) is 0 Å². The second-order valence-corrected chi connectivity index (χ2v) is 7.58. The zero-order valence-corrected chi connectivity index (χ0v) is 14.5. The van der Waals surface area contributed by atoms with E-state index in [2.05, 4.69) is 26.1 Å². The van der Waals surface area contributed by atoms with E-state index in [1.165, 1.54) is 6.42 Å². The minimum absolute atomic E-state index is 0.0961. The van der Waals surface area contributed by atoms with E-state index >= 15 is 0 Å². The molecule has 128 valence electrons. The predicted octanol–water partition coefficient (Wildman–Crippen LogP) is 3.53. The van der Waals surface area contributed by atoms with Gasteiger partial charge in [-0.3, -0.25) is 4.79 Å². The summed E-state index contributed by atoms with van der Waals surface area (Å²) in [5.74, 6) is 0.337. The first-order valence-electron chi connectivity index (χ1n) is 8.15. The molecule has 0 aliphatic heterocycles. The first-order valence-corrected chi connectivity index (χ1v) is 8.15. The number of nitrogens with two attached hydrogens (primary N) is 1. The van der Waals surface area contributed by atoms with Crippen LogP contribution in [0.4, 0.5) is 11.4 Å². The second-order valence-electron chi connectivity index (χ2n) is 7.58. The van der Waals surface area contributed by atoms with Gasteiger partial charge in [0, 0.05) is 17.7 Å². The Hall–Kier alpha value is -1.91. The number of anilines is 2. The molecule has 23 heavy (non-hydrogen) atoms. The zero-order chi connectivity index (χ0) is 17.2. The Morgan fingerprint density at radius 3 is 2.70 bits per heavy atom. The lowest BCUT2D eigenvalue weighted by atomic mass is 9.70. The van der Waals surface area contributed by atoms with Crippen LogP contribution in [0.3, 0.4) is 0 Å². The highest BCUT2D eigenvalue weighted by Gasteiger charge is 2.32. The molecule has 0 heterocycles. The first-order chi connectivity index (χ1) is 10.7. The summed E-state index contributed by atoms with van der Waals surface area (Å²) in [7, 11) is 1.55. The van der Waals surface area contributed by atoms with Crippen LogP contribution in [0.5, 0.6) is 5.75 Å². The van der Waals surface area contributed by atoms with Crippen molar-refractivity contribution in [2.75, 3.05) is 18.2 Å². The molecule has 1 saturated carbocycles. The highest BCUT2D eigenvalue weighted by molar-refractivity contribution is 5.76. The van der Waals surface area contributed by atoms with Crippen LogP contribution in [0.1, 0.15) is 45.6 Å². The van der Waals surface area contributed by atoms with Crippen molar-refractivity contribution in [2.24, 2.45) is 11.3 Å². The number of benzene rings is 1. The fourth-order valence-corrected chi connectivity index (χ4v) is 3.94. The van der Waals surface area contributed by atoms with Crippen molar-refractivity contribution in [1.29, 1.82) is 0 Å². The quantitative estimate of drug-likeness (QED) is 0.723.